The van der Waals surface area contributed by atoms with E-state index < -0.39 is 11.9 Å². The van der Waals surface area contributed by atoms with Gasteiger partial charge in [0, 0.05) is 17.1 Å². The van der Waals surface area contributed by atoms with Crippen molar-refractivity contribution in [3.8, 4) is 0 Å². The molecule has 0 aliphatic rings. The van der Waals surface area contributed by atoms with E-state index in [0.29, 0.717) is 6.41 Å². The predicted molar refractivity (Wildman–Crippen MR) is 88.8 cm³/mol. The molecule has 0 unspecified atom stereocenters. The summed E-state index contributed by atoms with van der Waals surface area (Å²) in [6, 6.07) is 8.31. The molecule has 2 aromatic rings. The van der Waals surface area contributed by atoms with Gasteiger partial charge in [0.05, 0.1) is 12.5 Å². The zero-order chi connectivity index (χ0) is 17.8. The van der Waals surface area contributed by atoms with E-state index in [1.54, 1.807) is 13.8 Å². The van der Waals surface area contributed by atoms with Gasteiger partial charge >= 0.3 is 5.97 Å². The highest BCUT2D eigenvalue weighted by Gasteiger charge is 1.99. The quantitative estimate of drug-likeness (QED) is 0.635. The Bertz CT molecular complexity index is 635. The largest absolute Gasteiger partial charge is 0.481 e. The summed E-state index contributed by atoms with van der Waals surface area (Å²) in [5, 5.41) is 11.4. The summed E-state index contributed by atoms with van der Waals surface area (Å²) in [6.45, 7) is 5.31. The van der Waals surface area contributed by atoms with E-state index in [-0.39, 0.29) is 12.5 Å². The molecule has 0 radical (unpaired) electrons. The molecule has 0 atom stereocenters. The third kappa shape index (κ3) is 8.92. The summed E-state index contributed by atoms with van der Waals surface area (Å²) in [5.74, 6) is -1.51. The normalized spacial score (nSPS) is 9.22. The maximum absolute atomic E-state index is 9.76. The molecule has 1 aromatic carbocycles. The lowest BCUT2D eigenvalue weighted by Crippen LogP contribution is -2.27. The lowest BCUT2D eigenvalue weighted by molar-refractivity contribution is -0.140. The van der Waals surface area contributed by atoms with Crippen molar-refractivity contribution >= 4 is 29.2 Å². The fourth-order valence-corrected chi connectivity index (χ4v) is 1.36. The van der Waals surface area contributed by atoms with Crippen molar-refractivity contribution in [1.29, 1.82) is 0 Å². The van der Waals surface area contributed by atoms with E-state index in [4.69, 9.17) is 5.11 Å². The van der Waals surface area contributed by atoms with Gasteiger partial charge in [0.1, 0.15) is 0 Å². The first-order chi connectivity index (χ1) is 10.8. The zero-order valence-corrected chi connectivity index (χ0v) is 13.5. The molecular formula is C16H23N3O4. The fourth-order valence-electron chi connectivity index (χ4n) is 1.36. The number of nitrogens with one attached hydrogen (secondary N) is 2. The lowest BCUT2D eigenvalue weighted by atomic mass is 10.2. The number of nitrogens with two attached hydrogens (primary N) is 1. The van der Waals surface area contributed by atoms with Gasteiger partial charge in [-0.3, -0.25) is 14.4 Å². The highest BCUT2D eigenvalue weighted by Crippen LogP contribution is 2.15. The highest BCUT2D eigenvalue weighted by atomic mass is 16.4. The standard InChI is InChI=1S/C9H9N.C4H8O2.C3H6N2O2/c1-7-6-10-9-5-3-2-4-8(7)9;1-3(2)4(5)6;4-3(7)1-5-2-6/h2-6,10H,1H3;3H,1-2H3,(H,5,6);2H,1H2,(H2,4,7)(H,5,6). The molecule has 23 heavy (non-hydrogen) atoms. The third-order valence-electron chi connectivity index (χ3n) is 2.65. The molecule has 1 aromatic heterocycles. The number of aromatic nitrogens is 1. The van der Waals surface area contributed by atoms with Gasteiger partial charge in [-0.2, -0.15) is 0 Å². The van der Waals surface area contributed by atoms with Crippen molar-refractivity contribution < 1.29 is 19.5 Å². The van der Waals surface area contributed by atoms with Gasteiger partial charge < -0.3 is 21.1 Å². The maximum atomic E-state index is 9.76. The van der Waals surface area contributed by atoms with E-state index in [9.17, 15) is 14.4 Å². The zero-order valence-electron chi connectivity index (χ0n) is 13.5. The number of aliphatic carboxylic acids is 1. The molecule has 5 N–H and O–H groups in total. The van der Waals surface area contributed by atoms with Crippen LogP contribution in [0.3, 0.4) is 0 Å². The minimum Gasteiger partial charge on any atom is -0.481 e. The number of carboxylic acid groups (broad SMARTS) is 1. The average Bonchev–Trinajstić information content (AvgIpc) is 2.88. The van der Waals surface area contributed by atoms with Crippen LogP contribution in [0.5, 0.6) is 0 Å². The lowest BCUT2D eigenvalue weighted by Gasteiger charge is -1.89. The number of rotatable bonds is 4. The van der Waals surface area contributed by atoms with Crippen LogP contribution in [0.2, 0.25) is 0 Å². The van der Waals surface area contributed by atoms with Crippen LogP contribution in [0.4, 0.5) is 0 Å². The number of carboxylic acids is 1. The van der Waals surface area contributed by atoms with Crippen LogP contribution in [0.25, 0.3) is 10.9 Å². The monoisotopic (exact) mass is 321 g/mol. The first-order valence-electron chi connectivity index (χ1n) is 7.00. The maximum Gasteiger partial charge on any atom is 0.305 e. The number of benzene rings is 1. The predicted octanol–water partition coefficient (Wildman–Crippen LogP) is 1.42. The number of carbonyl (C=O) groups excluding carboxylic acids is 2. The second kappa shape index (κ2) is 10.8. The number of H-pyrrole nitrogens is 1. The van der Waals surface area contributed by atoms with Gasteiger partial charge in [-0.05, 0) is 18.6 Å². The topological polar surface area (TPSA) is 125 Å². The Morgan fingerprint density at radius 3 is 2.30 bits per heavy atom. The number of primary amides is 1. The molecule has 0 bridgehead atoms. The van der Waals surface area contributed by atoms with Crippen LogP contribution in [-0.2, 0) is 14.4 Å². The second-order valence-corrected chi connectivity index (χ2v) is 4.98. The Hall–Kier alpha value is -2.83. The van der Waals surface area contributed by atoms with E-state index in [1.807, 2.05) is 12.3 Å². The van der Waals surface area contributed by atoms with Crippen LogP contribution in [0.1, 0.15) is 19.4 Å². The molecule has 126 valence electrons. The summed E-state index contributed by atoms with van der Waals surface area (Å²) in [5.41, 5.74) is 7.16. The number of fused-ring (bicyclic) bond motifs is 1. The van der Waals surface area contributed by atoms with Crippen LogP contribution < -0.4 is 11.1 Å². The Labute approximate surface area is 134 Å². The van der Waals surface area contributed by atoms with Crippen molar-refractivity contribution in [2.24, 2.45) is 11.7 Å². The molecule has 0 saturated carbocycles. The number of hydrogen-bond acceptors (Lipinski definition) is 3. The molecule has 7 heteroatoms. The molecule has 0 spiro atoms. The summed E-state index contributed by atoms with van der Waals surface area (Å²) >= 11 is 0. The van der Waals surface area contributed by atoms with Gasteiger partial charge in [0.2, 0.25) is 12.3 Å². The molecule has 7 nitrogen and oxygen atoms in total. The van der Waals surface area contributed by atoms with Gasteiger partial charge in [0.15, 0.2) is 0 Å². The smallest absolute Gasteiger partial charge is 0.305 e. The molecule has 0 saturated heterocycles. The molecule has 0 fully saturated rings. The minimum atomic E-state index is -0.741. The van der Waals surface area contributed by atoms with E-state index in [0.717, 1.165) is 0 Å². The van der Waals surface area contributed by atoms with E-state index in [1.165, 1.54) is 16.5 Å². The molecule has 1 heterocycles. The number of amides is 2. The number of carbonyl (C=O) groups is 3. The summed E-state index contributed by atoms with van der Waals surface area (Å²) in [7, 11) is 0. The molecule has 0 aliphatic heterocycles. The number of para-hydroxylation sites is 1. The van der Waals surface area contributed by atoms with Crippen LogP contribution in [0, 0.1) is 12.8 Å². The minimum absolute atomic E-state index is 0.0799. The van der Waals surface area contributed by atoms with Gasteiger partial charge in [0.25, 0.3) is 0 Å². The first kappa shape index (κ1) is 20.2. The Morgan fingerprint density at radius 1 is 1.35 bits per heavy atom. The van der Waals surface area contributed by atoms with Crippen LogP contribution >= 0.6 is 0 Å². The fraction of sp³-hybridized carbons (Fsp3) is 0.312. The number of hydrogen-bond donors (Lipinski definition) is 4. The highest BCUT2D eigenvalue weighted by molar-refractivity contribution is 5.82. The van der Waals surface area contributed by atoms with Gasteiger partial charge in [-0.25, -0.2) is 0 Å². The van der Waals surface area contributed by atoms with E-state index in [2.05, 4.69) is 41.2 Å². The summed E-state index contributed by atoms with van der Waals surface area (Å²) in [4.78, 5) is 32.0. The van der Waals surface area contributed by atoms with Crippen molar-refractivity contribution in [3.63, 3.8) is 0 Å². The van der Waals surface area contributed by atoms with Crippen LogP contribution in [0.15, 0.2) is 30.5 Å². The first-order valence-corrected chi connectivity index (χ1v) is 7.00. The second-order valence-electron chi connectivity index (χ2n) is 4.98. The third-order valence-corrected chi connectivity index (χ3v) is 2.65. The van der Waals surface area contributed by atoms with Crippen molar-refractivity contribution in [2.75, 3.05) is 6.54 Å². The van der Waals surface area contributed by atoms with E-state index >= 15 is 0 Å². The molecule has 2 amide bonds. The van der Waals surface area contributed by atoms with Crippen LogP contribution in [-0.4, -0.2) is 34.9 Å². The van der Waals surface area contributed by atoms with Gasteiger partial charge in [-0.1, -0.05) is 32.0 Å². The summed E-state index contributed by atoms with van der Waals surface area (Å²) in [6.07, 6.45) is 2.45. The molecule has 0 aliphatic carbocycles. The number of aryl methyl sites for hydroxylation is 1. The average molecular weight is 321 g/mol. The number of aromatic amines is 1. The SMILES string of the molecule is CC(C)C(=O)O.Cc1c[nH]c2ccccc12.NC(=O)CNC=O. The van der Waals surface area contributed by atoms with Gasteiger partial charge in [-0.15, -0.1) is 0 Å². The Balaban J connectivity index is 0.000000333. The summed E-state index contributed by atoms with van der Waals surface area (Å²) < 4.78 is 0. The Kier molecular flexibility index (Phi) is 9.50. The molecule has 2 rings (SSSR count). The van der Waals surface area contributed by atoms with Crippen molar-refractivity contribution in [3.05, 3.63) is 36.0 Å². The van der Waals surface area contributed by atoms with Crippen molar-refractivity contribution in [2.45, 2.75) is 20.8 Å². The van der Waals surface area contributed by atoms with Crippen molar-refractivity contribution in [1.82, 2.24) is 10.3 Å². The molecular weight excluding hydrogens is 298 g/mol. The Morgan fingerprint density at radius 2 is 1.91 bits per heavy atom.